The molecule has 3 aliphatic rings. The Hall–Kier alpha value is -3.06. The van der Waals surface area contributed by atoms with Crippen molar-refractivity contribution in [2.45, 2.75) is 18.6 Å². The van der Waals surface area contributed by atoms with E-state index >= 15 is 0 Å². The summed E-state index contributed by atoms with van der Waals surface area (Å²) in [7, 11) is 2.88. The van der Waals surface area contributed by atoms with Crippen LogP contribution in [0.25, 0.3) is 0 Å². The molecule has 0 amide bonds. The van der Waals surface area contributed by atoms with Gasteiger partial charge in [0.25, 0.3) is 0 Å². The molecule has 5 rings (SSSR count). The molecule has 0 saturated carbocycles. The number of aromatic hydroxyl groups is 1. The van der Waals surface area contributed by atoms with E-state index in [4.69, 9.17) is 18.9 Å². The van der Waals surface area contributed by atoms with E-state index in [0.717, 1.165) is 12.0 Å². The molecule has 0 bridgehead atoms. The lowest BCUT2D eigenvalue weighted by atomic mass is 9.80. The summed E-state index contributed by atoms with van der Waals surface area (Å²) in [4.78, 5) is 26.4. The van der Waals surface area contributed by atoms with E-state index in [-0.39, 0.29) is 33.9 Å². The maximum absolute atomic E-state index is 13.2. The number of carbonyl (C=O) groups is 2. The van der Waals surface area contributed by atoms with Crippen LogP contribution in [0.3, 0.4) is 0 Å². The third kappa shape index (κ3) is 2.00. The van der Waals surface area contributed by atoms with Gasteiger partial charge in [0.1, 0.15) is 23.0 Å². The van der Waals surface area contributed by atoms with Crippen molar-refractivity contribution >= 4 is 11.6 Å². The molecule has 1 fully saturated rings. The number of hydrogen-bond acceptors (Lipinski definition) is 7. The third-order valence-corrected chi connectivity index (χ3v) is 5.41. The summed E-state index contributed by atoms with van der Waals surface area (Å²) in [5.74, 6) is -0.0821. The highest BCUT2D eigenvalue weighted by atomic mass is 16.7. The first kappa shape index (κ1) is 16.1. The zero-order valence-corrected chi connectivity index (χ0v) is 14.7. The minimum absolute atomic E-state index is 0.0373. The molecular weight excluding hydrogens is 352 g/mol. The number of benzene rings is 2. The Labute approximate surface area is 154 Å². The van der Waals surface area contributed by atoms with Crippen molar-refractivity contribution in [1.29, 1.82) is 0 Å². The molecule has 1 saturated heterocycles. The molecular formula is C20H16O7. The molecule has 1 N–H and O–H groups in total. The minimum Gasteiger partial charge on any atom is -0.507 e. The molecule has 138 valence electrons. The molecule has 0 spiro atoms. The Morgan fingerprint density at radius 3 is 2.56 bits per heavy atom. The van der Waals surface area contributed by atoms with Crippen molar-refractivity contribution in [1.82, 2.24) is 0 Å². The lowest BCUT2D eigenvalue weighted by Crippen LogP contribution is -2.22. The van der Waals surface area contributed by atoms with Crippen LogP contribution in [0.15, 0.2) is 18.2 Å². The Balaban J connectivity index is 1.78. The average molecular weight is 368 g/mol. The molecule has 0 radical (unpaired) electrons. The van der Waals surface area contributed by atoms with Crippen LogP contribution in [-0.4, -0.2) is 43.8 Å². The molecule has 1 aliphatic carbocycles. The molecule has 2 aromatic carbocycles. The van der Waals surface area contributed by atoms with Crippen LogP contribution in [0.1, 0.15) is 49.7 Å². The lowest BCUT2D eigenvalue weighted by Gasteiger charge is -2.23. The zero-order chi connectivity index (χ0) is 18.9. The van der Waals surface area contributed by atoms with Gasteiger partial charge in [0.05, 0.1) is 37.9 Å². The molecule has 0 aromatic heterocycles. The average Bonchev–Trinajstić information content (AvgIpc) is 3.24. The summed E-state index contributed by atoms with van der Waals surface area (Å²) in [5.41, 5.74) is 1.16. The van der Waals surface area contributed by atoms with Gasteiger partial charge in [0, 0.05) is 22.8 Å². The summed E-state index contributed by atoms with van der Waals surface area (Å²) in [6, 6.07) is 4.35. The number of ketones is 2. The maximum Gasteiger partial charge on any atom is 0.207 e. The highest BCUT2D eigenvalue weighted by molar-refractivity contribution is 6.30. The molecule has 2 heterocycles. The van der Waals surface area contributed by atoms with Gasteiger partial charge in [-0.1, -0.05) is 0 Å². The van der Waals surface area contributed by atoms with Gasteiger partial charge in [-0.15, -0.1) is 0 Å². The van der Waals surface area contributed by atoms with Gasteiger partial charge in [-0.25, -0.2) is 0 Å². The number of fused-ring (bicyclic) bond motifs is 5. The van der Waals surface area contributed by atoms with Crippen molar-refractivity contribution < 1.29 is 33.6 Å². The molecule has 7 nitrogen and oxygen atoms in total. The quantitative estimate of drug-likeness (QED) is 0.743. The van der Waals surface area contributed by atoms with E-state index in [1.165, 1.54) is 26.4 Å². The highest BCUT2D eigenvalue weighted by Gasteiger charge is 2.46. The van der Waals surface area contributed by atoms with Gasteiger partial charge in [0.2, 0.25) is 12.1 Å². The first-order chi connectivity index (χ1) is 13.0. The highest BCUT2D eigenvalue weighted by Crippen LogP contribution is 2.52. The zero-order valence-electron chi connectivity index (χ0n) is 14.7. The van der Waals surface area contributed by atoms with E-state index in [0.29, 0.717) is 23.9 Å². The van der Waals surface area contributed by atoms with E-state index in [2.05, 4.69) is 0 Å². The molecule has 27 heavy (non-hydrogen) atoms. The molecule has 2 aromatic rings. The summed E-state index contributed by atoms with van der Waals surface area (Å²) >= 11 is 0. The van der Waals surface area contributed by atoms with E-state index in [1.54, 1.807) is 6.07 Å². The summed E-state index contributed by atoms with van der Waals surface area (Å²) in [5, 5.41) is 10.4. The van der Waals surface area contributed by atoms with Crippen molar-refractivity contribution in [3.05, 3.63) is 46.0 Å². The van der Waals surface area contributed by atoms with E-state index in [1.807, 2.05) is 0 Å². The SMILES string of the molecule is COc1cc(O)c2c(c1)C(=O)c1cc3c(c(OC)c1C2=O)C1CCOC1O3. The molecule has 7 heteroatoms. The maximum atomic E-state index is 13.2. The summed E-state index contributed by atoms with van der Waals surface area (Å²) < 4.78 is 22.1. The fourth-order valence-electron chi connectivity index (χ4n) is 4.21. The monoisotopic (exact) mass is 368 g/mol. The lowest BCUT2D eigenvalue weighted by molar-refractivity contribution is -0.0337. The van der Waals surface area contributed by atoms with E-state index < -0.39 is 17.9 Å². The summed E-state index contributed by atoms with van der Waals surface area (Å²) in [6.07, 6.45) is 0.312. The van der Waals surface area contributed by atoms with E-state index in [9.17, 15) is 14.7 Å². The minimum atomic E-state index is -0.457. The second-order valence-corrected chi connectivity index (χ2v) is 6.72. The second-order valence-electron chi connectivity index (χ2n) is 6.72. The van der Waals surface area contributed by atoms with Gasteiger partial charge in [0.15, 0.2) is 5.78 Å². The number of carbonyl (C=O) groups excluding carboxylic acids is 2. The Bertz CT molecular complexity index is 1020. The van der Waals surface area contributed by atoms with Crippen LogP contribution in [0.4, 0.5) is 0 Å². The number of phenols is 1. The normalized spacial score (nSPS) is 21.9. The Morgan fingerprint density at radius 1 is 1.04 bits per heavy atom. The van der Waals surface area contributed by atoms with Gasteiger partial charge < -0.3 is 24.1 Å². The topological polar surface area (TPSA) is 91.3 Å². The van der Waals surface area contributed by atoms with Gasteiger partial charge >= 0.3 is 0 Å². The fourth-order valence-corrected chi connectivity index (χ4v) is 4.21. The van der Waals surface area contributed by atoms with Gasteiger partial charge in [-0.2, -0.15) is 0 Å². The van der Waals surface area contributed by atoms with Crippen LogP contribution in [0.5, 0.6) is 23.0 Å². The smallest absolute Gasteiger partial charge is 0.207 e. The third-order valence-electron chi connectivity index (χ3n) is 5.41. The number of hydrogen-bond donors (Lipinski definition) is 1. The van der Waals surface area contributed by atoms with Crippen molar-refractivity contribution in [3.63, 3.8) is 0 Å². The van der Waals surface area contributed by atoms with Crippen LogP contribution in [-0.2, 0) is 4.74 Å². The number of phenolic OH excluding ortho intramolecular Hbond substituents is 1. The number of ether oxygens (including phenoxy) is 4. The first-order valence-corrected chi connectivity index (χ1v) is 8.58. The predicted molar refractivity (Wildman–Crippen MR) is 92.2 cm³/mol. The standard InChI is InChI=1S/C20H16O7/c1-24-8-5-10-14(12(21)6-8)18(23)16-11(17(10)22)7-13-15(19(16)25-2)9-3-4-26-20(9)27-13/h5-7,9,20-21H,3-4H2,1-2H3. The van der Waals surface area contributed by atoms with Gasteiger partial charge in [-0.05, 0) is 18.6 Å². The van der Waals surface area contributed by atoms with Gasteiger partial charge in [-0.3, -0.25) is 9.59 Å². The molecule has 2 aliphatic heterocycles. The molecule has 2 atom stereocenters. The fraction of sp³-hybridized carbons (Fsp3) is 0.300. The number of methoxy groups -OCH3 is 2. The van der Waals surface area contributed by atoms with Crippen LogP contribution >= 0.6 is 0 Å². The van der Waals surface area contributed by atoms with Crippen LogP contribution in [0, 0.1) is 0 Å². The first-order valence-electron chi connectivity index (χ1n) is 8.58. The second kappa shape index (κ2) is 5.47. The van der Waals surface area contributed by atoms with Crippen molar-refractivity contribution in [2.75, 3.05) is 20.8 Å². The predicted octanol–water partition coefficient (Wildman–Crippen LogP) is 2.41. The van der Waals surface area contributed by atoms with Crippen LogP contribution in [0.2, 0.25) is 0 Å². The van der Waals surface area contributed by atoms with Crippen molar-refractivity contribution in [2.24, 2.45) is 0 Å². The number of rotatable bonds is 2. The van der Waals surface area contributed by atoms with Crippen LogP contribution < -0.4 is 14.2 Å². The Morgan fingerprint density at radius 2 is 1.81 bits per heavy atom. The molecule has 2 unspecified atom stereocenters. The Kier molecular flexibility index (Phi) is 3.27. The summed E-state index contributed by atoms with van der Waals surface area (Å²) in [6.45, 7) is 0.561. The van der Waals surface area contributed by atoms with Crippen molar-refractivity contribution in [3.8, 4) is 23.0 Å². The largest absolute Gasteiger partial charge is 0.507 e.